The zero-order valence-electron chi connectivity index (χ0n) is 13.6. The van der Waals surface area contributed by atoms with Crippen LogP contribution in [0.4, 0.5) is 0 Å². The second-order valence-electron chi connectivity index (χ2n) is 6.77. The summed E-state index contributed by atoms with van der Waals surface area (Å²) in [6.45, 7) is 5.00. The van der Waals surface area contributed by atoms with Gasteiger partial charge in [-0.25, -0.2) is 4.98 Å². The minimum Gasteiger partial charge on any atom is -0.396 e. The quantitative estimate of drug-likeness (QED) is 0.883. The molecule has 2 heterocycles. The zero-order valence-corrected chi connectivity index (χ0v) is 14.3. The fourth-order valence-electron chi connectivity index (χ4n) is 3.65. The summed E-state index contributed by atoms with van der Waals surface area (Å²) in [5.41, 5.74) is 2.25. The smallest absolute Gasteiger partial charge is 0.103 e. The molecule has 0 radical (unpaired) electrons. The summed E-state index contributed by atoms with van der Waals surface area (Å²) < 4.78 is 0. The van der Waals surface area contributed by atoms with Crippen LogP contribution in [-0.2, 0) is 13.0 Å². The number of nitrogens with zero attached hydrogens (tertiary/aromatic N) is 2. The van der Waals surface area contributed by atoms with Crippen molar-refractivity contribution in [2.75, 3.05) is 19.7 Å². The van der Waals surface area contributed by atoms with Crippen molar-refractivity contribution >= 4 is 11.6 Å². The molecule has 124 valence electrons. The van der Waals surface area contributed by atoms with Crippen LogP contribution in [0.15, 0.2) is 30.5 Å². The lowest BCUT2D eigenvalue weighted by Gasteiger charge is -2.42. The van der Waals surface area contributed by atoms with Gasteiger partial charge < -0.3 is 10.1 Å². The Morgan fingerprint density at radius 3 is 3.00 bits per heavy atom. The third-order valence-corrected chi connectivity index (χ3v) is 4.93. The van der Waals surface area contributed by atoms with Crippen molar-refractivity contribution in [1.29, 1.82) is 0 Å². The van der Waals surface area contributed by atoms with E-state index in [4.69, 9.17) is 11.6 Å². The lowest BCUT2D eigenvalue weighted by molar-refractivity contribution is 0.0284. The third kappa shape index (κ3) is 4.14. The van der Waals surface area contributed by atoms with Gasteiger partial charge in [0.25, 0.3) is 0 Å². The highest BCUT2D eigenvalue weighted by Gasteiger charge is 2.35. The predicted octanol–water partition coefficient (Wildman–Crippen LogP) is 3.19. The monoisotopic (exact) mass is 333 g/mol. The Kier molecular flexibility index (Phi) is 5.05. The maximum absolute atomic E-state index is 10.1. The highest BCUT2D eigenvalue weighted by molar-refractivity contribution is 6.30. The number of nitrogens with one attached hydrogen (secondary N) is 1. The van der Waals surface area contributed by atoms with Gasteiger partial charge in [-0.1, -0.05) is 23.7 Å². The number of likely N-dealkylation sites (tertiary alicyclic amines) is 1. The van der Waals surface area contributed by atoms with E-state index in [1.807, 2.05) is 31.3 Å². The van der Waals surface area contributed by atoms with Gasteiger partial charge in [0.2, 0.25) is 0 Å². The van der Waals surface area contributed by atoms with Gasteiger partial charge in [0.1, 0.15) is 5.82 Å². The molecule has 0 amide bonds. The first-order chi connectivity index (χ1) is 11.1. The number of aromatic nitrogens is 2. The van der Waals surface area contributed by atoms with Gasteiger partial charge >= 0.3 is 0 Å². The molecule has 1 aromatic carbocycles. The van der Waals surface area contributed by atoms with Gasteiger partial charge in [0.15, 0.2) is 0 Å². The van der Waals surface area contributed by atoms with Crippen LogP contribution >= 0.6 is 11.6 Å². The summed E-state index contributed by atoms with van der Waals surface area (Å²) in [5, 5.41) is 10.8. The number of rotatable bonds is 5. The van der Waals surface area contributed by atoms with Crippen LogP contribution in [-0.4, -0.2) is 39.7 Å². The van der Waals surface area contributed by atoms with Crippen LogP contribution in [0.2, 0.25) is 5.02 Å². The van der Waals surface area contributed by atoms with Crippen molar-refractivity contribution in [3.63, 3.8) is 0 Å². The standard InChI is InChI=1S/C18H24ClN3O/c1-14-20-10-17(21-14)11-22-7-3-6-18(12-22,13-23)9-15-4-2-5-16(19)8-15/h2,4-5,8,10,23H,3,6-7,9,11-13H2,1H3,(H,20,21). The Balaban J connectivity index is 1.70. The molecule has 0 saturated carbocycles. The number of aliphatic hydroxyl groups is 1. The molecule has 1 aliphatic heterocycles. The number of piperidine rings is 1. The van der Waals surface area contributed by atoms with Crippen molar-refractivity contribution < 1.29 is 5.11 Å². The highest BCUT2D eigenvalue weighted by atomic mass is 35.5. The van der Waals surface area contributed by atoms with Crippen LogP contribution in [0, 0.1) is 12.3 Å². The molecule has 23 heavy (non-hydrogen) atoms. The van der Waals surface area contributed by atoms with Crippen molar-refractivity contribution in [1.82, 2.24) is 14.9 Å². The molecule has 2 aromatic rings. The molecule has 1 aliphatic rings. The molecule has 4 nitrogen and oxygen atoms in total. The molecule has 2 N–H and O–H groups in total. The molecule has 5 heteroatoms. The Hall–Kier alpha value is -1.36. The fraction of sp³-hybridized carbons (Fsp3) is 0.500. The van der Waals surface area contributed by atoms with Gasteiger partial charge in [-0.2, -0.15) is 0 Å². The lowest BCUT2D eigenvalue weighted by Crippen LogP contribution is -2.46. The molecule has 0 aliphatic carbocycles. The molecule has 0 bridgehead atoms. The number of hydrogen-bond acceptors (Lipinski definition) is 3. The highest BCUT2D eigenvalue weighted by Crippen LogP contribution is 2.34. The van der Waals surface area contributed by atoms with E-state index in [0.717, 1.165) is 55.4 Å². The van der Waals surface area contributed by atoms with E-state index in [1.165, 1.54) is 5.56 Å². The Morgan fingerprint density at radius 2 is 2.30 bits per heavy atom. The minimum atomic E-state index is -0.0853. The summed E-state index contributed by atoms with van der Waals surface area (Å²) >= 11 is 6.11. The van der Waals surface area contributed by atoms with E-state index in [2.05, 4.69) is 20.9 Å². The number of H-pyrrole nitrogens is 1. The largest absolute Gasteiger partial charge is 0.396 e. The van der Waals surface area contributed by atoms with Crippen molar-refractivity contribution in [3.8, 4) is 0 Å². The number of imidazole rings is 1. The maximum Gasteiger partial charge on any atom is 0.103 e. The number of hydrogen-bond donors (Lipinski definition) is 2. The second kappa shape index (κ2) is 7.04. The van der Waals surface area contributed by atoms with E-state index in [9.17, 15) is 5.11 Å². The topological polar surface area (TPSA) is 52.1 Å². The van der Waals surface area contributed by atoms with E-state index in [-0.39, 0.29) is 12.0 Å². The molecule has 1 unspecified atom stereocenters. The first kappa shape index (κ1) is 16.5. The summed E-state index contributed by atoms with van der Waals surface area (Å²) in [4.78, 5) is 9.98. The van der Waals surface area contributed by atoms with Crippen LogP contribution in [0.5, 0.6) is 0 Å². The SMILES string of the molecule is Cc1ncc(CN2CCCC(CO)(Cc3cccc(Cl)c3)C2)[nH]1. The molecule has 1 saturated heterocycles. The molecule has 1 fully saturated rings. The lowest BCUT2D eigenvalue weighted by atomic mass is 9.75. The summed E-state index contributed by atoms with van der Waals surface area (Å²) in [5.74, 6) is 0.948. The van der Waals surface area contributed by atoms with Crippen molar-refractivity contribution in [2.24, 2.45) is 5.41 Å². The molecule has 0 spiro atoms. The Bertz CT molecular complexity index is 657. The predicted molar refractivity (Wildman–Crippen MR) is 92.5 cm³/mol. The maximum atomic E-state index is 10.1. The molecular weight excluding hydrogens is 310 g/mol. The van der Waals surface area contributed by atoms with Gasteiger partial charge in [-0.15, -0.1) is 0 Å². The number of aryl methyl sites for hydroxylation is 1. The number of aromatic amines is 1. The van der Waals surface area contributed by atoms with Crippen molar-refractivity contribution in [3.05, 3.63) is 52.6 Å². The first-order valence-corrected chi connectivity index (χ1v) is 8.55. The Labute approximate surface area is 142 Å². The zero-order chi connectivity index (χ0) is 16.3. The fourth-order valence-corrected chi connectivity index (χ4v) is 3.86. The molecule has 1 aromatic heterocycles. The van der Waals surface area contributed by atoms with Crippen LogP contribution in [0.3, 0.4) is 0 Å². The summed E-state index contributed by atoms with van der Waals surface area (Å²) in [6.07, 6.45) is 4.92. The minimum absolute atomic E-state index is 0.0853. The average Bonchev–Trinajstić information content (AvgIpc) is 2.92. The van der Waals surface area contributed by atoms with Crippen molar-refractivity contribution in [2.45, 2.75) is 32.7 Å². The van der Waals surface area contributed by atoms with Gasteiger partial charge in [-0.05, 0) is 50.4 Å². The second-order valence-corrected chi connectivity index (χ2v) is 7.21. The van der Waals surface area contributed by atoms with E-state index >= 15 is 0 Å². The number of halogens is 1. The molecular formula is C18H24ClN3O. The van der Waals surface area contributed by atoms with Crippen LogP contribution in [0.1, 0.15) is 29.9 Å². The summed E-state index contributed by atoms with van der Waals surface area (Å²) in [6, 6.07) is 7.98. The van der Waals surface area contributed by atoms with Gasteiger partial charge in [-0.3, -0.25) is 4.90 Å². The normalized spacial score (nSPS) is 22.4. The van der Waals surface area contributed by atoms with Gasteiger partial charge in [0, 0.05) is 35.4 Å². The Morgan fingerprint density at radius 1 is 1.43 bits per heavy atom. The average molecular weight is 334 g/mol. The number of benzene rings is 1. The van der Waals surface area contributed by atoms with Gasteiger partial charge in [0.05, 0.1) is 6.61 Å². The third-order valence-electron chi connectivity index (χ3n) is 4.69. The van der Waals surface area contributed by atoms with E-state index < -0.39 is 0 Å². The van der Waals surface area contributed by atoms with Crippen LogP contribution in [0.25, 0.3) is 0 Å². The van der Waals surface area contributed by atoms with E-state index in [0.29, 0.717) is 0 Å². The van der Waals surface area contributed by atoms with Crippen LogP contribution < -0.4 is 0 Å². The first-order valence-electron chi connectivity index (χ1n) is 8.17. The molecule has 3 rings (SSSR count). The van der Waals surface area contributed by atoms with E-state index in [1.54, 1.807) is 0 Å². The molecule has 1 atom stereocenters. The summed E-state index contributed by atoms with van der Waals surface area (Å²) in [7, 11) is 0. The number of aliphatic hydroxyl groups excluding tert-OH is 1.